The van der Waals surface area contributed by atoms with Gasteiger partial charge in [-0.05, 0) is 31.0 Å². The second-order valence-corrected chi connectivity index (χ2v) is 8.58. The minimum Gasteiger partial charge on any atom is -0.320 e. The lowest BCUT2D eigenvalue weighted by Gasteiger charge is -2.24. The second-order valence-electron chi connectivity index (χ2n) is 8.17. The van der Waals surface area contributed by atoms with Gasteiger partial charge in [-0.15, -0.1) is 0 Å². The molecule has 0 atom stereocenters. The lowest BCUT2D eigenvalue weighted by atomic mass is 9.95. The number of nitrogens with zero attached hydrogens (tertiary/aromatic N) is 4. The van der Waals surface area contributed by atoms with Gasteiger partial charge in [0.15, 0.2) is 11.2 Å². The maximum absolute atomic E-state index is 14.3. The second kappa shape index (κ2) is 8.39. The van der Waals surface area contributed by atoms with E-state index in [-0.39, 0.29) is 29.6 Å². The van der Waals surface area contributed by atoms with Crippen molar-refractivity contribution in [2.45, 2.75) is 44.7 Å². The van der Waals surface area contributed by atoms with Crippen LogP contribution in [0, 0.1) is 5.82 Å². The van der Waals surface area contributed by atoms with E-state index in [0.717, 1.165) is 32.1 Å². The van der Waals surface area contributed by atoms with Crippen molar-refractivity contribution in [2.24, 2.45) is 0 Å². The molecule has 0 bridgehead atoms. The monoisotopic (exact) mass is 452 g/mol. The van der Waals surface area contributed by atoms with Crippen molar-refractivity contribution < 1.29 is 4.39 Å². The molecule has 0 aliphatic heterocycles. The highest BCUT2D eigenvalue weighted by atomic mass is 35.5. The van der Waals surface area contributed by atoms with E-state index in [4.69, 9.17) is 11.6 Å². The average Bonchev–Trinajstić information content (AvgIpc) is 3.21. The summed E-state index contributed by atoms with van der Waals surface area (Å²) >= 11 is 6.44. The number of imidazole rings is 1. The van der Waals surface area contributed by atoms with Gasteiger partial charge in [-0.25, -0.2) is 18.7 Å². The van der Waals surface area contributed by atoms with Crippen LogP contribution in [-0.2, 0) is 6.54 Å². The van der Waals surface area contributed by atoms with Crippen LogP contribution in [0.1, 0.15) is 43.7 Å². The molecule has 32 heavy (non-hydrogen) atoms. The van der Waals surface area contributed by atoms with Crippen molar-refractivity contribution in [2.75, 3.05) is 0 Å². The fourth-order valence-corrected chi connectivity index (χ4v) is 4.81. The van der Waals surface area contributed by atoms with Crippen molar-refractivity contribution in [3.8, 4) is 5.69 Å². The number of hydrogen-bond donors (Lipinski definition) is 0. The van der Waals surface area contributed by atoms with Crippen LogP contribution < -0.4 is 11.2 Å². The Morgan fingerprint density at radius 1 is 1.00 bits per heavy atom. The minimum atomic E-state index is -0.446. The Morgan fingerprint density at radius 3 is 2.47 bits per heavy atom. The number of rotatable bonds is 4. The van der Waals surface area contributed by atoms with Crippen molar-refractivity contribution in [1.29, 1.82) is 0 Å². The van der Waals surface area contributed by atoms with Crippen LogP contribution >= 0.6 is 11.6 Å². The largest absolute Gasteiger partial charge is 0.337 e. The third-order valence-electron chi connectivity index (χ3n) is 6.18. The predicted octanol–water partition coefficient (Wildman–Crippen LogP) is 4.69. The van der Waals surface area contributed by atoms with Crippen molar-refractivity contribution >= 4 is 22.8 Å². The first-order valence-electron chi connectivity index (χ1n) is 10.8. The molecule has 0 N–H and O–H groups in total. The van der Waals surface area contributed by atoms with E-state index in [9.17, 15) is 14.0 Å². The Bertz CT molecular complexity index is 1420. The van der Waals surface area contributed by atoms with E-state index in [1.54, 1.807) is 47.0 Å². The molecule has 1 fully saturated rings. The zero-order valence-electron chi connectivity index (χ0n) is 17.4. The van der Waals surface area contributed by atoms with Crippen molar-refractivity contribution in [3.63, 3.8) is 0 Å². The Morgan fingerprint density at radius 2 is 1.72 bits per heavy atom. The number of aromatic nitrogens is 4. The summed E-state index contributed by atoms with van der Waals surface area (Å²) in [6.07, 6.45) is 6.05. The summed E-state index contributed by atoms with van der Waals surface area (Å²) in [5.74, 6) is -0.360. The molecule has 2 aromatic heterocycles. The number of hydrogen-bond acceptors (Lipinski definition) is 3. The highest BCUT2D eigenvalue weighted by Crippen LogP contribution is 2.27. The molecule has 5 rings (SSSR count). The molecular formula is C24H22ClFN4O2. The summed E-state index contributed by atoms with van der Waals surface area (Å²) in [5, 5.41) is 0.383. The summed E-state index contributed by atoms with van der Waals surface area (Å²) in [5.41, 5.74) is 0.540. The van der Waals surface area contributed by atoms with Crippen LogP contribution in [0.5, 0.6) is 0 Å². The minimum absolute atomic E-state index is 0.129. The molecule has 0 radical (unpaired) electrons. The summed E-state index contributed by atoms with van der Waals surface area (Å²) in [7, 11) is 0. The molecule has 6 nitrogen and oxygen atoms in total. The fourth-order valence-electron chi connectivity index (χ4n) is 4.59. The predicted molar refractivity (Wildman–Crippen MR) is 122 cm³/mol. The zero-order chi connectivity index (χ0) is 22.2. The average molecular weight is 453 g/mol. The maximum atomic E-state index is 14.3. The number of para-hydroxylation sites is 1. The summed E-state index contributed by atoms with van der Waals surface area (Å²) < 4.78 is 18.7. The van der Waals surface area contributed by atoms with E-state index in [2.05, 4.69) is 4.98 Å². The zero-order valence-corrected chi connectivity index (χ0v) is 18.1. The van der Waals surface area contributed by atoms with Gasteiger partial charge in [-0.2, -0.15) is 0 Å². The highest BCUT2D eigenvalue weighted by molar-refractivity contribution is 6.32. The van der Waals surface area contributed by atoms with E-state index in [0.29, 0.717) is 16.3 Å². The van der Waals surface area contributed by atoms with Crippen LogP contribution in [0.15, 0.2) is 64.4 Å². The smallest absolute Gasteiger partial charge is 0.320 e. The lowest BCUT2D eigenvalue weighted by Crippen LogP contribution is -2.43. The quantitative estimate of drug-likeness (QED) is 0.451. The van der Waals surface area contributed by atoms with E-state index in [1.807, 2.05) is 0 Å². The van der Waals surface area contributed by atoms with Crippen LogP contribution in [0.25, 0.3) is 16.9 Å². The molecule has 1 aliphatic carbocycles. The molecule has 1 aliphatic rings. The number of benzene rings is 2. The molecule has 0 spiro atoms. The Labute approximate surface area is 188 Å². The van der Waals surface area contributed by atoms with E-state index in [1.165, 1.54) is 21.5 Å². The SMILES string of the molecule is O=c1c2c(ncn2Cc2ccccc2F)n(-c2ccccc2Cl)c(=O)n1C1CCCCC1. The van der Waals surface area contributed by atoms with Gasteiger partial charge < -0.3 is 4.57 Å². The molecule has 0 unspecified atom stereocenters. The first-order valence-corrected chi connectivity index (χ1v) is 11.1. The molecule has 4 aromatic rings. The van der Waals surface area contributed by atoms with Crippen LogP contribution in [0.4, 0.5) is 4.39 Å². The van der Waals surface area contributed by atoms with Crippen LogP contribution in [-0.4, -0.2) is 18.7 Å². The van der Waals surface area contributed by atoms with Crippen molar-refractivity contribution in [1.82, 2.24) is 18.7 Å². The normalized spacial score (nSPS) is 14.8. The molecule has 2 aromatic carbocycles. The topological polar surface area (TPSA) is 61.8 Å². The van der Waals surface area contributed by atoms with E-state index >= 15 is 0 Å². The molecule has 8 heteroatoms. The highest BCUT2D eigenvalue weighted by Gasteiger charge is 2.26. The molecule has 0 amide bonds. The molecule has 2 heterocycles. The first kappa shape index (κ1) is 20.7. The Kier molecular flexibility index (Phi) is 5.43. The molecule has 164 valence electrons. The standard InChI is InChI=1S/C24H22ClFN4O2/c25-18-11-5-7-13-20(18)30-22-21(23(31)29(24(30)32)17-9-2-1-3-10-17)28(15-27-22)14-16-8-4-6-12-19(16)26/h4-8,11-13,15,17H,1-3,9-10,14H2. The first-order chi connectivity index (χ1) is 15.6. The van der Waals surface area contributed by atoms with Gasteiger partial charge in [0.2, 0.25) is 0 Å². The van der Waals surface area contributed by atoms with Crippen molar-refractivity contribution in [3.05, 3.63) is 92.1 Å². The fraction of sp³-hybridized carbons (Fsp3) is 0.292. The Balaban J connectivity index is 1.80. The lowest BCUT2D eigenvalue weighted by molar-refractivity contribution is 0.335. The third-order valence-corrected chi connectivity index (χ3v) is 6.50. The summed E-state index contributed by atoms with van der Waals surface area (Å²) in [4.78, 5) is 31.7. The van der Waals surface area contributed by atoms with Gasteiger partial charge in [0.25, 0.3) is 5.56 Å². The summed E-state index contributed by atoms with van der Waals surface area (Å²) in [6, 6.07) is 13.2. The van der Waals surface area contributed by atoms with Crippen LogP contribution in [0.3, 0.4) is 0 Å². The molecular weight excluding hydrogens is 431 g/mol. The van der Waals surface area contributed by atoms with Gasteiger partial charge in [0.1, 0.15) is 5.82 Å². The summed E-state index contributed by atoms with van der Waals surface area (Å²) in [6.45, 7) is 0.129. The van der Waals surface area contributed by atoms with E-state index < -0.39 is 11.2 Å². The Hall–Kier alpha value is -3.19. The van der Waals surface area contributed by atoms with Gasteiger partial charge in [-0.1, -0.05) is 61.2 Å². The molecule has 1 saturated carbocycles. The maximum Gasteiger partial charge on any atom is 0.337 e. The van der Waals surface area contributed by atoms with Gasteiger partial charge in [0, 0.05) is 11.6 Å². The van der Waals surface area contributed by atoms with Crippen LogP contribution in [0.2, 0.25) is 5.02 Å². The number of halogens is 2. The number of fused-ring (bicyclic) bond motifs is 1. The molecule has 0 saturated heterocycles. The van der Waals surface area contributed by atoms with Gasteiger partial charge >= 0.3 is 5.69 Å². The third kappa shape index (κ3) is 3.46. The van der Waals surface area contributed by atoms with Gasteiger partial charge in [-0.3, -0.25) is 9.36 Å². The van der Waals surface area contributed by atoms with Gasteiger partial charge in [0.05, 0.1) is 23.6 Å².